The fourth-order valence-electron chi connectivity index (χ4n) is 1.12. The summed E-state index contributed by atoms with van der Waals surface area (Å²) in [7, 11) is 0. The summed E-state index contributed by atoms with van der Waals surface area (Å²) < 4.78 is 0. The molecule has 0 amide bonds. The van der Waals surface area contributed by atoms with Crippen molar-refractivity contribution in [3.05, 3.63) is 54.6 Å². The van der Waals surface area contributed by atoms with E-state index in [1.165, 1.54) is 0 Å². The third-order valence-electron chi connectivity index (χ3n) is 1.70. The summed E-state index contributed by atoms with van der Waals surface area (Å²) in [5.74, 6) is 0. The third-order valence-corrected chi connectivity index (χ3v) is 1.70. The molecule has 0 aliphatic rings. The first-order chi connectivity index (χ1) is 6.24. The molecule has 1 heteroatoms. The number of benzene rings is 1. The van der Waals surface area contributed by atoms with E-state index in [9.17, 15) is 0 Å². The molecule has 0 aliphatic heterocycles. The molecule has 13 heavy (non-hydrogen) atoms. The van der Waals surface area contributed by atoms with Crippen LogP contribution in [0.3, 0.4) is 0 Å². The van der Waals surface area contributed by atoms with Gasteiger partial charge in [-0.2, -0.15) is 0 Å². The number of hydrogen-bond acceptors (Lipinski definition) is 1. The molecule has 0 aliphatic carbocycles. The minimum Gasteiger partial charge on any atom is -0.306 e. The highest BCUT2D eigenvalue weighted by Crippen LogP contribution is 2.14. The molecule has 0 heterocycles. The maximum atomic E-state index is 7.35. The quantitative estimate of drug-likeness (QED) is 0.533. The molecule has 0 atom stereocenters. The molecule has 0 saturated carbocycles. The molecule has 0 radical (unpaired) electrons. The monoisotopic (exact) mass is 171 g/mol. The zero-order valence-electron chi connectivity index (χ0n) is 7.75. The van der Waals surface area contributed by atoms with Crippen LogP contribution in [0, 0.1) is 5.41 Å². The van der Waals surface area contributed by atoms with Gasteiger partial charge in [0.15, 0.2) is 0 Å². The van der Waals surface area contributed by atoms with Gasteiger partial charge in [0.2, 0.25) is 0 Å². The van der Waals surface area contributed by atoms with Crippen LogP contribution >= 0.6 is 0 Å². The van der Waals surface area contributed by atoms with Gasteiger partial charge in [0.05, 0.1) is 0 Å². The van der Waals surface area contributed by atoms with Crippen LogP contribution in [0.2, 0.25) is 0 Å². The van der Waals surface area contributed by atoms with Gasteiger partial charge in [-0.05, 0) is 24.1 Å². The van der Waals surface area contributed by atoms with Gasteiger partial charge in [-0.15, -0.1) is 0 Å². The van der Waals surface area contributed by atoms with E-state index in [-0.39, 0.29) is 0 Å². The van der Waals surface area contributed by atoms with Gasteiger partial charge < -0.3 is 5.41 Å². The van der Waals surface area contributed by atoms with Gasteiger partial charge in [0.25, 0.3) is 0 Å². The smallest absolute Gasteiger partial charge is 0.0289 e. The Kier molecular flexibility index (Phi) is 3.21. The second-order valence-electron chi connectivity index (χ2n) is 2.85. The second-order valence-corrected chi connectivity index (χ2v) is 2.85. The lowest BCUT2D eigenvalue weighted by molar-refractivity contribution is 1.49. The van der Waals surface area contributed by atoms with Crippen LogP contribution in [0.1, 0.15) is 12.5 Å². The largest absolute Gasteiger partial charge is 0.306 e. The number of nitrogens with one attached hydrogen (secondary N) is 1. The average Bonchev–Trinajstić information content (AvgIpc) is 2.15. The first kappa shape index (κ1) is 9.46. The summed E-state index contributed by atoms with van der Waals surface area (Å²) in [6, 6.07) is 9.95. The Labute approximate surface area is 78.9 Å². The molecule has 0 unspecified atom stereocenters. The first-order valence-corrected chi connectivity index (χ1v) is 4.18. The highest BCUT2D eigenvalue weighted by atomic mass is 14.4. The SMILES string of the molecule is C=C/C(=C\C(C)=N)c1ccccc1. The number of hydrogen-bond donors (Lipinski definition) is 1. The van der Waals surface area contributed by atoms with Crippen molar-refractivity contribution in [3.8, 4) is 0 Å². The molecule has 0 aromatic heterocycles. The summed E-state index contributed by atoms with van der Waals surface area (Å²) in [4.78, 5) is 0. The highest BCUT2D eigenvalue weighted by molar-refractivity contribution is 5.98. The van der Waals surface area contributed by atoms with Crippen molar-refractivity contribution >= 4 is 11.3 Å². The molecular weight excluding hydrogens is 158 g/mol. The number of rotatable bonds is 3. The predicted molar refractivity (Wildman–Crippen MR) is 58.0 cm³/mol. The van der Waals surface area contributed by atoms with E-state index in [0.29, 0.717) is 5.71 Å². The van der Waals surface area contributed by atoms with E-state index in [1.807, 2.05) is 36.4 Å². The lowest BCUT2D eigenvalue weighted by Gasteiger charge is -2.00. The Hall–Kier alpha value is -1.63. The van der Waals surface area contributed by atoms with Crippen LogP contribution in [0.5, 0.6) is 0 Å². The van der Waals surface area contributed by atoms with Gasteiger partial charge in [-0.1, -0.05) is 43.0 Å². The summed E-state index contributed by atoms with van der Waals surface area (Å²) in [6.07, 6.45) is 3.58. The van der Waals surface area contributed by atoms with Crippen LogP contribution in [0.4, 0.5) is 0 Å². The summed E-state index contributed by atoms with van der Waals surface area (Å²) >= 11 is 0. The lowest BCUT2D eigenvalue weighted by Crippen LogP contribution is -1.85. The molecule has 66 valence electrons. The van der Waals surface area contributed by atoms with Gasteiger partial charge in [-0.3, -0.25) is 0 Å². The molecule has 0 saturated heterocycles. The van der Waals surface area contributed by atoms with Gasteiger partial charge in [0.1, 0.15) is 0 Å². The molecule has 0 fully saturated rings. The van der Waals surface area contributed by atoms with Crippen molar-refractivity contribution < 1.29 is 0 Å². The topological polar surface area (TPSA) is 23.9 Å². The second kappa shape index (κ2) is 4.41. The van der Waals surface area contributed by atoms with Crippen molar-refractivity contribution in [2.75, 3.05) is 0 Å². The van der Waals surface area contributed by atoms with E-state index in [0.717, 1.165) is 11.1 Å². The summed E-state index contributed by atoms with van der Waals surface area (Å²) in [5.41, 5.74) is 2.64. The standard InChI is InChI=1S/C12H13N/c1-3-11(9-10(2)13)12-7-5-4-6-8-12/h3-9,13H,1H2,2H3/b11-9+,13-10?. The fourth-order valence-corrected chi connectivity index (χ4v) is 1.12. The van der Waals surface area contributed by atoms with E-state index >= 15 is 0 Å². The Bertz CT molecular complexity index is 333. The first-order valence-electron chi connectivity index (χ1n) is 4.18. The molecule has 0 spiro atoms. The summed E-state index contributed by atoms with van der Waals surface area (Å²) in [5, 5.41) is 7.35. The van der Waals surface area contributed by atoms with Gasteiger partial charge in [0, 0.05) is 5.71 Å². The van der Waals surface area contributed by atoms with Crippen molar-refractivity contribution in [1.82, 2.24) is 0 Å². The summed E-state index contributed by atoms with van der Waals surface area (Å²) in [6.45, 7) is 5.48. The maximum absolute atomic E-state index is 7.35. The molecule has 0 bridgehead atoms. The van der Waals surface area contributed by atoms with Crippen LogP contribution in [-0.2, 0) is 0 Å². The fraction of sp³-hybridized carbons (Fsp3) is 0.0833. The van der Waals surface area contributed by atoms with Gasteiger partial charge >= 0.3 is 0 Å². The Morgan fingerprint density at radius 2 is 1.92 bits per heavy atom. The molecule has 1 aromatic rings. The Morgan fingerprint density at radius 3 is 2.38 bits per heavy atom. The Balaban J connectivity index is 3.05. The van der Waals surface area contributed by atoms with Crippen LogP contribution in [0.15, 0.2) is 49.1 Å². The van der Waals surface area contributed by atoms with E-state index in [1.54, 1.807) is 13.0 Å². The van der Waals surface area contributed by atoms with Crippen molar-refractivity contribution in [2.45, 2.75) is 6.92 Å². The van der Waals surface area contributed by atoms with Crippen LogP contribution in [-0.4, -0.2) is 5.71 Å². The molecule has 1 N–H and O–H groups in total. The van der Waals surface area contributed by atoms with E-state index in [4.69, 9.17) is 5.41 Å². The van der Waals surface area contributed by atoms with Crippen LogP contribution in [0.25, 0.3) is 5.57 Å². The zero-order valence-corrected chi connectivity index (χ0v) is 7.75. The molecule has 1 nitrogen and oxygen atoms in total. The third kappa shape index (κ3) is 2.71. The van der Waals surface area contributed by atoms with Crippen LogP contribution < -0.4 is 0 Å². The molecule has 1 aromatic carbocycles. The number of allylic oxidation sites excluding steroid dienone is 3. The molecular formula is C12H13N. The van der Waals surface area contributed by atoms with Crippen molar-refractivity contribution in [1.29, 1.82) is 5.41 Å². The Morgan fingerprint density at radius 1 is 1.31 bits per heavy atom. The van der Waals surface area contributed by atoms with Crippen molar-refractivity contribution in [3.63, 3.8) is 0 Å². The zero-order chi connectivity index (χ0) is 9.68. The van der Waals surface area contributed by atoms with Crippen molar-refractivity contribution in [2.24, 2.45) is 0 Å². The minimum atomic E-state index is 0.541. The normalized spacial score (nSPS) is 11.0. The maximum Gasteiger partial charge on any atom is 0.0289 e. The lowest BCUT2D eigenvalue weighted by atomic mass is 10.0. The molecule has 1 rings (SSSR count). The average molecular weight is 171 g/mol. The highest BCUT2D eigenvalue weighted by Gasteiger charge is 1.95. The minimum absolute atomic E-state index is 0.541. The predicted octanol–water partition coefficient (Wildman–Crippen LogP) is 3.30. The van der Waals surface area contributed by atoms with Gasteiger partial charge in [-0.25, -0.2) is 0 Å². The van der Waals surface area contributed by atoms with E-state index < -0.39 is 0 Å². The van der Waals surface area contributed by atoms with E-state index in [2.05, 4.69) is 6.58 Å².